The van der Waals surface area contributed by atoms with E-state index in [4.69, 9.17) is 0 Å². The first-order chi connectivity index (χ1) is 9.66. The van der Waals surface area contributed by atoms with Gasteiger partial charge in [0.1, 0.15) is 0 Å². The van der Waals surface area contributed by atoms with Crippen molar-refractivity contribution in [2.45, 2.75) is 25.3 Å². The van der Waals surface area contributed by atoms with Gasteiger partial charge in [0.25, 0.3) is 0 Å². The van der Waals surface area contributed by atoms with Gasteiger partial charge in [0.05, 0.1) is 0 Å². The molecule has 1 aliphatic heterocycles. The number of rotatable bonds is 4. The highest BCUT2D eigenvalue weighted by Gasteiger charge is 2.32. The molecule has 2 aliphatic rings. The Morgan fingerprint density at radius 2 is 1.80 bits per heavy atom. The van der Waals surface area contributed by atoms with Crippen molar-refractivity contribution >= 4 is 0 Å². The lowest BCUT2D eigenvalue weighted by Gasteiger charge is -2.35. The molecule has 0 bridgehead atoms. The molecule has 0 aromatic heterocycles. The van der Waals surface area contributed by atoms with Crippen molar-refractivity contribution in [3.63, 3.8) is 0 Å². The van der Waals surface area contributed by atoms with Gasteiger partial charge in [0.2, 0.25) is 0 Å². The highest BCUT2D eigenvalue weighted by Crippen LogP contribution is 2.41. The van der Waals surface area contributed by atoms with E-state index in [-0.39, 0.29) is 6.04 Å². The summed E-state index contributed by atoms with van der Waals surface area (Å²) in [5, 5.41) is 3.26. The molecule has 2 nitrogen and oxygen atoms in total. The Labute approximate surface area is 117 Å². The smallest absolute Gasteiger partial charge is 0.194 e. The summed E-state index contributed by atoms with van der Waals surface area (Å²) in [6.07, 6.45) is 3.16. The van der Waals surface area contributed by atoms with Crippen LogP contribution in [0.25, 0.3) is 0 Å². The maximum atomic E-state index is 14.1. The molecule has 110 valence electrons. The van der Waals surface area contributed by atoms with Crippen molar-refractivity contribution in [3.8, 4) is 0 Å². The van der Waals surface area contributed by atoms with E-state index < -0.39 is 17.5 Å². The summed E-state index contributed by atoms with van der Waals surface area (Å²) in [6, 6.07) is 2.30. The molecular weight excluding hydrogens is 265 g/mol. The van der Waals surface area contributed by atoms with Crippen LogP contribution in [0.4, 0.5) is 13.2 Å². The first-order valence-electron chi connectivity index (χ1n) is 7.25. The topological polar surface area (TPSA) is 15.3 Å². The van der Waals surface area contributed by atoms with Crippen LogP contribution >= 0.6 is 0 Å². The first kappa shape index (κ1) is 13.9. The van der Waals surface area contributed by atoms with Gasteiger partial charge < -0.3 is 5.32 Å². The van der Waals surface area contributed by atoms with E-state index in [0.717, 1.165) is 51.5 Å². The Balaban J connectivity index is 1.89. The van der Waals surface area contributed by atoms with E-state index in [2.05, 4.69) is 10.2 Å². The van der Waals surface area contributed by atoms with E-state index in [1.54, 1.807) is 0 Å². The van der Waals surface area contributed by atoms with Gasteiger partial charge >= 0.3 is 0 Å². The minimum atomic E-state index is -1.35. The van der Waals surface area contributed by atoms with Crippen LogP contribution in [0.1, 0.15) is 30.9 Å². The molecule has 5 heteroatoms. The third-order valence-corrected chi connectivity index (χ3v) is 4.27. The van der Waals surface area contributed by atoms with Crippen molar-refractivity contribution in [1.29, 1.82) is 0 Å². The summed E-state index contributed by atoms with van der Waals surface area (Å²) in [7, 11) is 0. The van der Waals surface area contributed by atoms with Crippen LogP contribution in [0.3, 0.4) is 0 Å². The molecule has 0 unspecified atom stereocenters. The molecular formula is C15H19F3N2. The molecule has 2 fully saturated rings. The lowest BCUT2D eigenvalue weighted by molar-refractivity contribution is 0.156. The third kappa shape index (κ3) is 2.83. The van der Waals surface area contributed by atoms with Crippen molar-refractivity contribution in [3.05, 3.63) is 35.1 Å². The second-order valence-corrected chi connectivity index (χ2v) is 5.75. The Morgan fingerprint density at radius 3 is 2.45 bits per heavy atom. The van der Waals surface area contributed by atoms with Gasteiger partial charge in [-0.2, -0.15) is 0 Å². The minimum absolute atomic E-state index is 0.139. The Kier molecular flexibility index (Phi) is 3.98. The van der Waals surface area contributed by atoms with Crippen LogP contribution in [-0.2, 0) is 0 Å². The van der Waals surface area contributed by atoms with Crippen LogP contribution in [-0.4, -0.2) is 31.1 Å². The van der Waals surface area contributed by atoms with Crippen LogP contribution in [0.15, 0.2) is 12.1 Å². The normalized spacial score (nSPS) is 21.9. The predicted octanol–water partition coefficient (Wildman–Crippen LogP) is 2.85. The molecule has 0 spiro atoms. The van der Waals surface area contributed by atoms with Gasteiger partial charge in [-0.3, -0.25) is 4.90 Å². The molecule has 1 aromatic carbocycles. The molecule has 1 heterocycles. The van der Waals surface area contributed by atoms with Crippen molar-refractivity contribution in [2.75, 3.05) is 26.2 Å². The zero-order valence-corrected chi connectivity index (χ0v) is 11.3. The molecule has 0 amide bonds. The Morgan fingerprint density at radius 1 is 1.10 bits per heavy atom. The standard InChI is InChI=1S/C15H19F3N2/c16-12-4-3-11(14(17)15(12)18)13(9-10-1-2-10)20-7-5-19-6-8-20/h3-4,10,13,19H,1-2,5-9H2/t13-/m1/s1. The number of halogens is 3. The predicted molar refractivity (Wildman–Crippen MR) is 70.8 cm³/mol. The maximum Gasteiger partial charge on any atom is 0.194 e. The summed E-state index contributed by atoms with van der Waals surface area (Å²) < 4.78 is 40.7. The molecule has 1 saturated carbocycles. The number of hydrogen-bond donors (Lipinski definition) is 1. The molecule has 1 saturated heterocycles. The molecule has 1 N–H and O–H groups in total. The summed E-state index contributed by atoms with van der Waals surface area (Å²) in [5.74, 6) is -2.88. The summed E-state index contributed by atoms with van der Waals surface area (Å²) in [5.41, 5.74) is 0.303. The zero-order valence-electron chi connectivity index (χ0n) is 11.3. The quantitative estimate of drug-likeness (QED) is 0.855. The number of nitrogens with zero attached hydrogens (tertiary/aromatic N) is 1. The second kappa shape index (κ2) is 5.74. The van der Waals surface area contributed by atoms with E-state index in [1.807, 2.05) is 0 Å². The molecule has 0 radical (unpaired) electrons. The van der Waals surface area contributed by atoms with Gasteiger partial charge in [-0.1, -0.05) is 18.9 Å². The fourth-order valence-corrected chi connectivity index (χ4v) is 2.93. The molecule has 1 atom stereocenters. The first-order valence-corrected chi connectivity index (χ1v) is 7.25. The van der Waals surface area contributed by atoms with Gasteiger partial charge in [0, 0.05) is 37.8 Å². The number of hydrogen-bond acceptors (Lipinski definition) is 2. The number of piperazine rings is 1. The average Bonchev–Trinajstić information content (AvgIpc) is 3.28. The second-order valence-electron chi connectivity index (χ2n) is 5.75. The molecule has 3 rings (SSSR count). The third-order valence-electron chi connectivity index (χ3n) is 4.27. The van der Waals surface area contributed by atoms with E-state index in [9.17, 15) is 13.2 Å². The van der Waals surface area contributed by atoms with Crippen molar-refractivity contribution in [1.82, 2.24) is 10.2 Å². The highest BCUT2D eigenvalue weighted by atomic mass is 19.2. The van der Waals surface area contributed by atoms with E-state index in [0.29, 0.717) is 11.5 Å². The molecule has 20 heavy (non-hydrogen) atoms. The van der Waals surface area contributed by atoms with Crippen molar-refractivity contribution in [2.24, 2.45) is 5.92 Å². The highest BCUT2D eigenvalue weighted by molar-refractivity contribution is 5.24. The van der Waals surface area contributed by atoms with Crippen LogP contribution in [0.5, 0.6) is 0 Å². The summed E-state index contributed by atoms with van der Waals surface area (Å²) in [6.45, 7) is 3.34. The maximum absolute atomic E-state index is 14.1. The lowest BCUT2D eigenvalue weighted by atomic mass is 9.98. The number of nitrogens with one attached hydrogen (secondary N) is 1. The number of benzene rings is 1. The van der Waals surface area contributed by atoms with Gasteiger partial charge in [0.15, 0.2) is 17.5 Å². The largest absolute Gasteiger partial charge is 0.314 e. The Hall–Kier alpha value is -1.07. The van der Waals surface area contributed by atoms with Gasteiger partial charge in [-0.05, 0) is 18.4 Å². The summed E-state index contributed by atoms with van der Waals surface area (Å²) in [4.78, 5) is 2.19. The van der Waals surface area contributed by atoms with Crippen molar-refractivity contribution < 1.29 is 13.2 Å². The van der Waals surface area contributed by atoms with E-state index in [1.165, 1.54) is 6.07 Å². The lowest BCUT2D eigenvalue weighted by Crippen LogP contribution is -2.45. The van der Waals surface area contributed by atoms with Crippen LogP contribution in [0, 0.1) is 23.4 Å². The van der Waals surface area contributed by atoms with Gasteiger partial charge in [-0.25, -0.2) is 13.2 Å². The molecule has 1 aromatic rings. The van der Waals surface area contributed by atoms with E-state index >= 15 is 0 Å². The van der Waals surface area contributed by atoms with Crippen LogP contribution in [0.2, 0.25) is 0 Å². The summed E-state index contributed by atoms with van der Waals surface area (Å²) >= 11 is 0. The fourth-order valence-electron chi connectivity index (χ4n) is 2.93. The zero-order chi connectivity index (χ0) is 14.1. The SMILES string of the molecule is Fc1ccc([C@@H](CC2CC2)N2CCNCC2)c(F)c1F. The van der Waals surface area contributed by atoms with Crippen LogP contribution < -0.4 is 5.32 Å². The van der Waals surface area contributed by atoms with Gasteiger partial charge in [-0.15, -0.1) is 0 Å². The fraction of sp³-hybridized carbons (Fsp3) is 0.600. The minimum Gasteiger partial charge on any atom is -0.314 e. The Bertz CT molecular complexity index is 482. The average molecular weight is 284 g/mol. The molecule has 1 aliphatic carbocycles. The monoisotopic (exact) mass is 284 g/mol.